The highest BCUT2D eigenvalue weighted by Crippen LogP contribution is 2.11. The van der Waals surface area contributed by atoms with E-state index in [0.717, 1.165) is 30.2 Å². The van der Waals surface area contributed by atoms with E-state index in [0.29, 0.717) is 6.54 Å². The van der Waals surface area contributed by atoms with Gasteiger partial charge >= 0.3 is 0 Å². The highest BCUT2D eigenvalue weighted by Gasteiger charge is 2.00. The molecule has 6 heteroatoms. The predicted octanol–water partition coefficient (Wildman–Crippen LogP) is 2.62. The zero-order valence-corrected chi connectivity index (χ0v) is 15.8. The third kappa shape index (κ3) is 6.85. The number of nitrogens with one attached hydrogen (secondary N) is 2. The molecule has 2 aromatic rings. The number of pyridine rings is 1. The molecular formula is C17H23IN4O. The van der Waals surface area contributed by atoms with E-state index < -0.39 is 0 Å². The molecule has 5 nitrogen and oxygen atoms in total. The Labute approximate surface area is 154 Å². The maximum atomic E-state index is 5.22. The predicted molar refractivity (Wildman–Crippen MR) is 105 cm³/mol. The molecule has 1 aromatic heterocycles. The first-order valence-corrected chi connectivity index (χ1v) is 7.28. The summed E-state index contributed by atoms with van der Waals surface area (Å²) in [6.45, 7) is 1.51. The smallest absolute Gasteiger partial charge is 0.191 e. The minimum atomic E-state index is 0. The summed E-state index contributed by atoms with van der Waals surface area (Å²) in [5, 5.41) is 6.59. The minimum Gasteiger partial charge on any atom is -0.497 e. The number of halogens is 1. The van der Waals surface area contributed by atoms with Crippen molar-refractivity contribution in [3.63, 3.8) is 0 Å². The number of nitrogens with zero attached hydrogens (tertiary/aromatic N) is 2. The molecule has 0 radical (unpaired) electrons. The van der Waals surface area contributed by atoms with E-state index in [-0.39, 0.29) is 24.0 Å². The molecule has 0 spiro atoms. The quantitative estimate of drug-likeness (QED) is 0.424. The van der Waals surface area contributed by atoms with Gasteiger partial charge in [0.15, 0.2) is 5.96 Å². The lowest BCUT2D eigenvalue weighted by molar-refractivity contribution is 0.414. The summed E-state index contributed by atoms with van der Waals surface area (Å²) in [5.74, 6) is 1.64. The van der Waals surface area contributed by atoms with E-state index in [1.165, 1.54) is 5.56 Å². The lowest BCUT2D eigenvalue weighted by Gasteiger charge is -2.12. The van der Waals surface area contributed by atoms with Gasteiger partial charge in [0.1, 0.15) is 5.75 Å². The topological polar surface area (TPSA) is 58.5 Å². The van der Waals surface area contributed by atoms with Gasteiger partial charge in [0.25, 0.3) is 0 Å². The molecule has 2 N–H and O–H groups in total. The summed E-state index contributed by atoms with van der Waals surface area (Å²) in [6.07, 6.45) is 4.58. The van der Waals surface area contributed by atoms with E-state index in [1.807, 2.05) is 30.5 Å². The molecule has 23 heavy (non-hydrogen) atoms. The molecule has 0 aliphatic heterocycles. The van der Waals surface area contributed by atoms with E-state index in [4.69, 9.17) is 4.74 Å². The number of ether oxygens (including phenoxy) is 1. The standard InChI is InChI=1S/C17H22N4O.HI/c1-18-17(20-10-8-14-6-4-9-19-12-14)21-13-15-5-3-7-16(11-15)22-2;/h3-7,9,11-12H,8,10,13H2,1-2H3,(H2,18,20,21);1H. The molecule has 0 aliphatic carbocycles. The van der Waals surface area contributed by atoms with Gasteiger partial charge in [-0.3, -0.25) is 9.98 Å². The number of rotatable bonds is 6. The maximum Gasteiger partial charge on any atom is 0.191 e. The fourth-order valence-electron chi connectivity index (χ4n) is 2.06. The van der Waals surface area contributed by atoms with Crippen LogP contribution in [0.25, 0.3) is 0 Å². The lowest BCUT2D eigenvalue weighted by Crippen LogP contribution is -2.37. The van der Waals surface area contributed by atoms with Crippen molar-refractivity contribution in [1.29, 1.82) is 0 Å². The summed E-state index contributed by atoms with van der Waals surface area (Å²) in [6, 6.07) is 12.0. The third-order valence-corrected chi connectivity index (χ3v) is 3.25. The summed E-state index contributed by atoms with van der Waals surface area (Å²) < 4.78 is 5.22. The van der Waals surface area contributed by atoms with Crippen molar-refractivity contribution in [3.05, 3.63) is 59.9 Å². The van der Waals surface area contributed by atoms with Gasteiger partial charge in [-0.25, -0.2) is 0 Å². The highest BCUT2D eigenvalue weighted by molar-refractivity contribution is 14.0. The molecule has 2 rings (SSSR count). The van der Waals surface area contributed by atoms with Crippen molar-refractivity contribution in [1.82, 2.24) is 15.6 Å². The summed E-state index contributed by atoms with van der Waals surface area (Å²) in [7, 11) is 3.44. The fourth-order valence-corrected chi connectivity index (χ4v) is 2.06. The van der Waals surface area contributed by atoms with Gasteiger partial charge in [-0.15, -0.1) is 24.0 Å². The Morgan fingerprint density at radius 1 is 1.17 bits per heavy atom. The van der Waals surface area contributed by atoms with Crippen molar-refractivity contribution in [2.75, 3.05) is 20.7 Å². The fraction of sp³-hybridized carbons (Fsp3) is 0.294. The van der Waals surface area contributed by atoms with Crippen LogP contribution in [0.4, 0.5) is 0 Å². The Hall–Kier alpha value is -1.83. The van der Waals surface area contributed by atoms with Crippen LogP contribution >= 0.6 is 24.0 Å². The van der Waals surface area contributed by atoms with E-state index in [9.17, 15) is 0 Å². The Morgan fingerprint density at radius 3 is 2.70 bits per heavy atom. The van der Waals surface area contributed by atoms with Crippen LogP contribution in [-0.4, -0.2) is 31.6 Å². The Kier molecular flexibility index (Phi) is 9.04. The van der Waals surface area contributed by atoms with Crippen molar-refractivity contribution >= 4 is 29.9 Å². The van der Waals surface area contributed by atoms with Gasteiger partial charge in [-0.1, -0.05) is 18.2 Å². The Bertz CT molecular complexity index is 605. The van der Waals surface area contributed by atoms with Gasteiger partial charge in [0.2, 0.25) is 0 Å². The Balaban J connectivity index is 0.00000264. The highest BCUT2D eigenvalue weighted by atomic mass is 127. The number of hydrogen-bond donors (Lipinski definition) is 2. The van der Waals surface area contributed by atoms with Crippen molar-refractivity contribution < 1.29 is 4.74 Å². The van der Waals surface area contributed by atoms with Gasteiger partial charge < -0.3 is 15.4 Å². The van der Waals surface area contributed by atoms with Crippen molar-refractivity contribution in [2.45, 2.75) is 13.0 Å². The maximum absolute atomic E-state index is 5.22. The van der Waals surface area contributed by atoms with Crippen LogP contribution in [0.3, 0.4) is 0 Å². The molecule has 0 saturated heterocycles. The van der Waals surface area contributed by atoms with Crippen LogP contribution < -0.4 is 15.4 Å². The molecule has 124 valence electrons. The molecule has 0 unspecified atom stereocenters. The first-order valence-electron chi connectivity index (χ1n) is 7.28. The normalized spacial score (nSPS) is 10.6. The molecule has 0 atom stereocenters. The molecule has 1 aromatic carbocycles. The van der Waals surface area contributed by atoms with Crippen LogP contribution in [0, 0.1) is 0 Å². The summed E-state index contributed by atoms with van der Waals surface area (Å²) >= 11 is 0. The SMILES string of the molecule is CN=C(NCCc1cccnc1)NCc1cccc(OC)c1.I. The number of aromatic nitrogens is 1. The molecule has 0 amide bonds. The van der Waals surface area contributed by atoms with E-state index in [1.54, 1.807) is 20.4 Å². The van der Waals surface area contributed by atoms with Gasteiger partial charge in [0.05, 0.1) is 7.11 Å². The van der Waals surface area contributed by atoms with Gasteiger partial charge in [-0.05, 0) is 35.7 Å². The summed E-state index contributed by atoms with van der Waals surface area (Å²) in [5.41, 5.74) is 2.35. The van der Waals surface area contributed by atoms with Crippen molar-refractivity contribution in [2.24, 2.45) is 4.99 Å². The minimum absolute atomic E-state index is 0. The third-order valence-electron chi connectivity index (χ3n) is 3.25. The summed E-state index contributed by atoms with van der Waals surface area (Å²) in [4.78, 5) is 8.33. The van der Waals surface area contributed by atoms with E-state index in [2.05, 4.69) is 32.7 Å². The number of hydrogen-bond acceptors (Lipinski definition) is 3. The molecule has 0 saturated carbocycles. The monoisotopic (exact) mass is 426 g/mol. The zero-order chi connectivity index (χ0) is 15.6. The van der Waals surface area contributed by atoms with Gasteiger partial charge in [0, 0.05) is 32.5 Å². The van der Waals surface area contributed by atoms with Crippen LogP contribution in [0.1, 0.15) is 11.1 Å². The first kappa shape index (κ1) is 19.2. The number of methoxy groups -OCH3 is 1. The number of benzene rings is 1. The molecular weight excluding hydrogens is 403 g/mol. The largest absolute Gasteiger partial charge is 0.497 e. The van der Waals surface area contributed by atoms with Crippen LogP contribution in [0.5, 0.6) is 5.75 Å². The Morgan fingerprint density at radius 2 is 2.00 bits per heavy atom. The zero-order valence-electron chi connectivity index (χ0n) is 13.5. The number of guanidine groups is 1. The molecule has 0 aliphatic rings. The van der Waals surface area contributed by atoms with Crippen LogP contribution in [-0.2, 0) is 13.0 Å². The van der Waals surface area contributed by atoms with Crippen molar-refractivity contribution in [3.8, 4) is 5.75 Å². The van der Waals surface area contributed by atoms with E-state index >= 15 is 0 Å². The van der Waals surface area contributed by atoms with Gasteiger partial charge in [-0.2, -0.15) is 0 Å². The second-order valence-corrected chi connectivity index (χ2v) is 4.82. The first-order chi connectivity index (χ1) is 10.8. The second kappa shape index (κ2) is 10.8. The molecule has 0 fully saturated rings. The lowest BCUT2D eigenvalue weighted by atomic mass is 10.2. The second-order valence-electron chi connectivity index (χ2n) is 4.82. The number of aliphatic imine (C=N–C) groups is 1. The van der Waals surface area contributed by atoms with Crippen LogP contribution in [0.2, 0.25) is 0 Å². The average molecular weight is 426 g/mol. The molecule has 0 bridgehead atoms. The molecule has 1 heterocycles. The van der Waals surface area contributed by atoms with Crippen LogP contribution in [0.15, 0.2) is 53.8 Å². The average Bonchev–Trinajstić information content (AvgIpc) is 2.59.